The fourth-order valence-corrected chi connectivity index (χ4v) is 5.38. The van der Waals surface area contributed by atoms with E-state index in [1.54, 1.807) is 0 Å². The van der Waals surface area contributed by atoms with E-state index in [-0.39, 0.29) is 6.29 Å². The van der Waals surface area contributed by atoms with E-state index in [9.17, 15) is 0 Å². The second-order valence-electron chi connectivity index (χ2n) is 13.0. The van der Waals surface area contributed by atoms with Crippen molar-refractivity contribution in [3.63, 3.8) is 0 Å². The molecule has 1 heterocycles. The highest BCUT2D eigenvalue weighted by Crippen LogP contribution is 2.14. The van der Waals surface area contributed by atoms with Crippen LogP contribution in [0, 0.1) is 0 Å². The number of unbranched alkanes of at least 4 members (excludes halogenated alkanes) is 12. The zero-order valence-corrected chi connectivity index (χ0v) is 33.3. The van der Waals surface area contributed by atoms with Gasteiger partial charge in [0.25, 0.3) is 0 Å². The Morgan fingerprint density at radius 2 is 0.615 bits per heavy atom. The minimum atomic E-state index is -0.0626. The minimum absolute atomic E-state index is 0.0626. The van der Waals surface area contributed by atoms with Crippen LogP contribution >= 0.6 is 0 Å². The smallest absolute Gasteiger partial charge is 0.157 e. The first-order valence-corrected chi connectivity index (χ1v) is 20.9. The Balaban J connectivity index is 1.59. The van der Waals surface area contributed by atoms with Gasteiger partial charge in [-0.1, -0.05) is 84.0 Å². The largest absolute Gasteiger partial charge is 0.379 e. The van der Waals surface area contributed by atoms with Gasteiger partial charge >= 0.3 is 0 Å². The zero-order chi connectivity index (χ0) is 36.9. The fourth-order valence-electron chi connectivity index (χ4n) is 5.38. The Morgan fingerprint density at radius 1 is 0.327 bits per heavy atom. The summed E-state index contributed by atoms with van der Waals surface area (Å²) in [7, 11) is 0. The third kappa shape index (κ3) is 40.7. The maximum Gasteiger partial charge on any atom is 0.157 e. The molecule has 0 saturated carbocycles. The Kier molecular flexibility index (Phi) is 42.8. The molecule has 0 aromatic heterocycles. The molecule has 12 nitrogen and oxygen atoms in total. The lowest BCUT2D eigenvalue weighted by Gasteiger charge is -2.22. The highest BCUT2D eigenvalue weighted by Gasteiger charge is 2.13. The summed E-state index contributed by atoms with van der Waals surface area (Å²) < 4.78 is 66.5. The third-order valence-electron chi connectivity index (χ3n) is 8.41. The van der Waals surface area contributed by atoms with Crippen molar-refractivity contribution in [2.75, 3.05) is 145 Å². The maximum absolute atomic E-state index is 5.68. The first-order valence-electron chi connectivity index (χ1n) is 20.9. The average Bonchev–Trinajstić information content (AvgIpc) is 3.17. The summed E-state index contributed by atoms with van der Waals surface area (Å²) in [6, 6.07) is 0. The Labute approximate surface area is 317 Å². The molecule has 52 heavy (non-hydrogen) atoms. The van der Waals surface area contributed by atoms with Gasteiger partial charge in [-0.05, 0) is 25.7 Å². The van der Waals surface area contributed by atoms with Gasteiger partial charge in [0, 0.05) is 13.2 Å². The lowest BCUT2D eigenvalue weighted by Crippen LogP contribution is -2.24. The van der Waals surface area contributed by atoms with E-state index in [1.165, 1.54) is 83.5 Å². The van der Waals surface area contributed by atoms with E-state index in [0.29, 0.717) is 132 Å². The average molecular weight is 753 g/mol. The van der Waals surface area contributed by atoms with Gasteiger partial charge in [-0.2, -0.15) is 0 Å². The van der Waals surface area contributed by atoms with E-state index in [1.807, 2.05) is 0 Å². The number of ether oxygens (including phenoxy) is 12. The van der Waals surface area contributed by atoms with Crippen molar-refractivity contribution in [3.8, 4) is 0 Å². The predicted octanol–water partition coefficient (Wildman–Crippen LogP) is 6.79. The van der Waals surface area contributed by atoms with Crippen LogP contribution in [-0.4, -0.2) is 152 Å². The van der Waals surface area contributed by atoms with Crippen molar-refractivity contribution >= 4 is 0 Å². The van der Waals surface area contributed by atoms with Crippen molar-refractivity contribution in [2.45, 2.75) is 116 Å². The summed E-state index contributed by atoms with van der Waals surface area (Å²) in [5.41, 5.74) is 0. The molecule has 312 valence electrons. The van der Waals surface area contributed by atoms with Crippen LogP contribution in [0.25, 0.3) is 0 Å². The van der Waals surface area contributed by atoms with Crippen LogP contribution in [0.4, 0.5) is 0 Å². The molecule has 0 aromatic rings. The van der Waals surface area contributed by atoms with Crippen molar-refractivity contribution in [2.24, 2.45) is 0 Å². The van der Waals surface area contributed by atoms with E-state index in [0.717, 1.165) is 32.5 Å². The summed E-state index contributed by atoms with van der Waals surface area (Å²) in [5.74, 6) is 0. The van der Waals surface area contributed by atoms with Crippen molar-refractivity contribution in [1.29, 1.82) is 0 Å². The van der Waals surface area contributed by atoms with Gasteiger partial charge in [0.1, 0.15) is 0 Å². The van der Waals surface area contributed by atoms with Crippen LogP contribution in [0.1, 0.15) is 110 Å². The molecule has 1 fully saturated rings. The molecule has 0 bridgehead atoms. The van der Waals surface area contributed by atoms with Crippen molar-refractivity contribution < 1.29 is 56.8 Å². The highest BCUT2D eigenvalue weighted by atomic mass is 16.7. The van der Waals surface area contributed by atoms with Crippen LogP contribution in [-0.2, 0) is 56.8 Å². The molecule has 0 spiro atoms. The van der Waals surface area contributed by atoms with Crippen molar-refractivity contribution in [1.82, 2.24) is 0 Å². The Hall–Kier alpha value is -0.480. The number of hydrogen-bond donors (Lipinski definition) is 0. The molecule has 1 aliphatic rings. The zero-order valence-electron chi connectivity index (χ0n) is 33.3. The molecule has 0 amide bonds. The second kappa shape index (κ2) is 44.9. The lowest BCUT2D eigenvalue weighted by atomic mass is 10.0. The molecule has 1 rings (SSSR count). The van der Waals surface area contributed by atoms with Crippen LogP contribution in [0.2, 0.25) is 0 Å². The summed E-state index contributed by atoms with van der Waals surface area (Å²) in [4.78, 5) is 0. The molecule has 1 atom stereocenters. The van der Waals surface area contributed by atoms with Gasteiger partial charge in [0.05, 0.1) is 132 Å². The monoisotopic (exact) mass is 753 g/mol. The highest BCUT2D eigenvalue weighted by molar-refractivity contribution is 4.54. The Bertz CT molecular complexity index is 642. The van der Waals surface area contributed by atoms with Gasteiger partial charge in [0.2, 0.25) is 0 Å². The topological polar surface area (TPSA) is 111 Å². The molecule has 1 unspecified atom stereocenters. The second-order valence-corrected chi connectivity index (χ2v) is 13.0. The summed E-state index contributed by atoms with van der Waals surface area (Å²) >= 11 is 0. The molecular weight excluding hydrogens is 672 g/mol. The molecule has 0 radical (unpaired) electrons. The van der Waals surface area contributed by atoms with Gasteiger partial charge in [-0.15, -0.1) is 0 Å². The number of hydrogen-bond acceptors (Lipinski definition) is 12. The summed E-state index contributed by atoms with van der Waals surface area (Å²) in [5, 5.41) is 0. The van der Waals surface area contributed by atoms with E-state index >= 15 is 0 Å². The molecule has 12 heteroatoms. The third-order valence-corrected chi connectivity index (χ3v) is 8.41. The van der Waals surface area contributed by atoms with Gasteiger partial charge in [-0.3, -0.25) is 0 Å². The normalized spacial score (nSPS) is 14.8. The van der Waals surface area contributed by atoms with E-state index < -0.39 is 0 Å². The first-order chi connectivity index (χ1) is 25.9. The lowest BCUT2D eigenvalue weighted by molar-refractivity contribution is -0.169. The maximum atomic E-state index is 5.68. The van der Waals surface area contributed by atoms with Gasteiger partial charge in [0.15, 0.2) is 6.29 Å². The predicted molar refractivity (Wildman–Crippen MR) is 203 cm³/mol. The van der Waals surface area contributed by atoms with Crippen molar-refractivity contribution in [3.05, 3.63) is 0 Å². The van der Waals surface area contributed by atoms with Crippen LogP contribution in [0.15, 0.2) is 0 Å². The molecule has 1 aliphatic heterocycles. The molecular formula is C40H80O12. The van der Waals surface area contributed by atoms with E-state index in [4.69, 9.17) is 56.8 Å². The van der Waals surface area contributed by atoms with Crippen LogP contribution in [0.3, 0.4) is 0 Å². The standard InChI is InChI=1S/C40H80O12/c1-2-3-4-5-6-7-8-9-10-11-12-13-15-18-41-20-21-42-22-23-43-24-25-44-26-27-45-28-29-46-30-31-47-32-33-48-34-35-49-36-37-50-38-39-52-40-17-14-16-19-51-40/h40H,2-39H2,1H3. The molecule has 0 aliphatic carbocycles. The molecule has 1 saturated heterocycles. The SMILES string of the molecule is CCCCCCCCCCCCCCCOCCOCCOCCOCCOCCOCCOCCOCCOCCOCCOC1CCCCO1. The Morgan fingerprint density at radius 3 is 0.923 bits per heavy atom. The quantitative estimate of drug-likeness (QED) is 0.0612. The van der Waals surface area contributed by atoms with Crippen LogP contribution < -0.4 is 0 Å². The molecule has 0 N–H and O–H groups in total. The molecule has 0 aromatic carbocycles. The summed E-state index contributed by atoms with van der Waals surface area (Å²) in [6.45, 7) is 14.8. The first kappa shape index (κ1) is 49.5. The van der Waals surface area contributed by atoms with Gasteiger partial charge in [-0.25, -0.2) is 0 Å². The van der Waals surface area contributed by atoms with Crippen LogP contribution in [0.5, 0.6) is 0 Å². The van der Waals surface area contributed by atoms with E-state index in [2.05, 4.69) is 6.92 Å². The van der Waals surface area contributed by atoms with Gasteiger partial charge < -0.3 is 56.8 Å². The summed E-state index contributed by atoms with van der Waals surface area (Å²) in [6.07, 6.45) is 21.0. The number of rotatable bonds is 45. The minimum Gasteiger partial charge on any atom is -0.379 e. The fraction of sp³-hybridized carbons (Fsp3) is 1.00.